The molecule has 36 heavy (non-hydrogen) atoms. The summed E-state index contributed by atoms with van der Waals surface area (Å²) in [5.74, 6) is 1.51. The van der Waals surface area contributed by atoms with Gasteiger partial charge in [-0.05, 0) is 50.6 Å². The molecular formula is C29H43N3O4. The molecule has 2 aromatic carbocycles. The summed E-state index contributed by atoms with van der Waals surface area (Å²) in [5, 5.41) is 14.8. The molecule has 198 valence electrons. The van der Waals surface area contributed by atoms with E-state index in [9.17, 15) is 9.90 Å². The first-order chi connectivity index (χ1) is 17.2. The van der Waals surface area contributed by atoms with Gasteiger partial charge in [0.25, 0.3) is 5.91 Å². The number of carbonyl (C=O) groups is 1. The van der Waals surface area contributed by atoms with E-state index in [1.165, 1.54) is 0 Å². The van der Waals surface area contributed by atoms with Crippen LogP contribution in [0.3, 0.4) is 0 Å². The highest BCUT2D eigenvalue weighted by atomic mass is 16.7. The molecule has 0 aromatic heterocycles. The molecule has 1 aliphatic heterocycles. The van der Waals surface area contributed by atoms with Crippen molar-refractivity contribution in [2.24, 2.45) is 11.8 Å². The van der Waals surface area contributed by atoms with Crippen molar-refractivity contribution in [2.75, 3.05) is 40.9 Å². The van der Waals surface area contributed by atoms with Gasteiger partial charge in [0.15, 0.2) is 0 Å². The Morgan fingerprint density at radius 1 is 1.25 bits per heavy atom. The van der Waals surface area contributed by atoms with E-state index in [-0.39, 0.29) is 24.7 Å². The highest BCUT2D eigenvalue weighted by Crippen LogP contribution is 2.35. The van der Waals surface area contributed by atoms with Crippen LogP contribution >= 0.6 is 0 Å². The van der Waals surface area contributed by atoms with Crippen molar-refractivity contribution >= 4 is 5.91 Å². The average molecular weight is 498 g/mol. The smallest absolute Gasteiger partial charge is 0.251 e. The van der Waals surface area contributed by atoms with Crippen LogP contribution < -0.4 is 10.1 Å². The van der Waals surface area contributed by atoms with Crippen molar-refractivity contribution < 1.29 is 19.5 Å². The Labute approximate surface area is 216 Å². The number of carbonyl (C=O) groups excluding carboxylic acids is 1. The van der Waals surface area contributed by atoms with Crippen LogP contribution in [0.25, 0.3) is 11.1 Å². The largest absolute Gasteiger partial charge is 0.496 e. The summed E-state index contributed by atoms with van der Waals surface area (Å²) in [6, 6.07) is 13.9. The van der Waals surface area contributed by atoms with E-state index in [0.29, 0.717) is 23.9 Å². The second-order valence-electron chi connectivity index (χ2n) is 10.5. The zero-order chi connectivity index (χ0) is 26.2. The second-order valence-corrected chi connectivity index (χ2v) is 10.5. The topological polar surface area (TPSA) is 74.3 Å². The van der Waals surface area contributed by atoms with Gasteiger partial charge in [0.05, 0.1) is 20.3 Å². The Kier molecular flexibility index (Phi) is 10.3. The van der Waals surface area contributed by atoms with Crippen molar-refractivity contribution in [2.45, 2.75) is 52.3 Å². The molecule has 1 aliphatic rings. The van der Waals surface area contributed by atoms with Crippen LogP contribution in [0.15, 0.2) is 42.5 Å². The summed E-state index contributed by atoms with van der Waals surface area (Å²) in [4.78, 5) is 21.3. The molecule has 0 radical (unpaired) electrons. The highest BCUT2D eigenvalue weighted by Gasteiger charge is 2.33. The third kappa shape index (κ3) is 7.29. The SMILES string of the molecule is CC[C@H]1CN(Cc2cccc(-c3cccc(C(=O)N[C@H](CC(C)C)CN(C)C)c3)c2OC)O[C@H]1CO. The fourth-order valence-electron chi connectivity index (χ4n) is 5.03. The van der Waals surface area contributed by atoms with Gasteiger partial charge in [-0.3, -0.25) is 9.63 Å². The summed E-state index contributed by atoms with van der Waals surface area (Å²) in [5.41, 5.74) is 3.49. The molecule has 7 heteroatoms. The van der Waals surface area contributed by atoms with Crippen LogP contribution in [0.1, 0.15) is 49.5 Å². The number of amides is 1. The van der Waals surface area contributed by atoms with Crippen LogP contribution in [0.5, 0.6) is 5.75 Å². The van der Waals surface area contributed by atoms with E-state index in [0.717, 1.165) is 48.4 Å². The number of likely N-dealkylation sites (N-methyl/N-ethyl adjacent to an activating group) is 1. The predicted molar refractivity (Wildman–Crippen MR) is 144 cm³/mol. The first-order valence-electron chi connectivity index (χ1n) is 13.0. The number of aliphatic hydroxyl groups excluding tert-OH is 1. The predicted octanol–water partition coefficient (Wildman–Crippen LogP) is 4.20. The molecule has 2 N–H and O–H groups in total. The third-order valence-electron chi connectivity index (χ3n) is 6.71. The van der Waals surface area contributed by atoms with Crippen LogP contribution in [-0.2, 0) is 11.4 Å². The number of rotatable bonds is 12. The van der Waals surface area contributed by atoms with Crippen molar-refractivity contribution in [1.82, 2.24) is 15.3 Å². The van der Waals surface area contributed by atoms with Crippen LogP contribution in [0.2, 0.25) is 0 Å². The Morgan fingerprint density at radius 2 is 2.00 bits per heavy atom. The van der Waals surface area contributed by atoms with E-state index < -0.39 is 0 Å². The van der Waals surface area contributed by atoms with Gasteiger partial charge in [-0.2, -0.15) is 5.06 Å². The summed E-state index contributed by atoms with van der Waals surface area (Å²) in [6.07, 6.45) is 1.72. The second kappa shape index (κ2) is 13.2. The van der Waals surface area contributed by atoms with Crippen LogP contribution in [-0.4, -0.2) is 74.0 Å². The fourth-order valence-corrected chi connectivity index (χ4v) is 5.03. The maximum atomic E-state index is 13.2. The molecule has 0 unspecified atom stereocenters. The number of benzene rings is 2. The molecule has 3 atom stereocenters. The molecule has 1 saturated heterocycles. The molecule has 0 saturated carbocycles. The number of para-hydroxylation sites is 1. The maximum Gasteiger partial charge on any atom is 0.251 e. The third-order valence-corrected chi connectivity index (χ3v) is 6.71. The summed E-state index contributed by atoms with van der Waals surface area (Å²) in [7, 11) is 5.73. The van der Waals surface area contributed by atoms with Crippen molar-refractivity contribution in [1.29, 1.82) is 0 Å². The number of nitrogens with one attached hydrogen (secondary N) is 1. The Morgan fingerprint density at radius 3 is 2.61 bits per heavy atom. The number of hydrogen-bond acceptors (Lipinski definition) is 6. The number of hydroxylamine groups is 2. The minimum atomic E-state index is -0.161. The normalized spacial score (nSPS) is 19.1. The quantitative estimate of drug-likeness (QED) is 0.458. The standard InChI is InChI=1S/C29H43N3O4/c1-7-21-16-32(36-27(21)19-33)17-24-12-9-13-26(28(24)35-6)22-10-8-11-23(15-22)29(34)30-25(14-20(2)3)18-31(4)5/h8-13,15,20-21,25,27,33H,7,14,16-19H2,1-6H3,(H,30,34)/t21-,25+,27-/m0/s1. The van der Waals surface area contributed by atoms with Gasteiger partial charge in [0.1, 0.15) is 11.9 Å². The van der Waals surface area contributed by atoms with Crippen molar-refractivity contribution in [3.05, 3.63) is 53.6 Å². The summed E-state index contributed by atoms with van der Waals surface area (Å²) in [6.45, 7) is 8.63. The number of methoxy groups -OCH3 is 1. The molecule has 1 fully saturated rings. The molecule has 0 bridgehead atoms. The summed E-state index contributed by atoms with van der Waals surface area (Å²) < 4.78 is 5.86. The lowest BCUT2D eigenvalue weighted by molar-refractivity contribution is -0.163. The Balaban J connectivity index is 1.81. The van der Waals surface area contributed by atoms with Gasteiger partial charge >= 0.3 is 0 Å². The average Bonchev–Trinajstić information content (AvgIpc) is 3.25. The van der Waals surface area contributed by atoms with Gasteiger partial charge in [-0.1, -0.05) is 51.1 Å². The van der Waals surface area contributed by atoms with Crippen LogP contribution in [0, 0.1) is 11.8 Å². The lowest BCUT2D eigenvalue weighted by Gasteiger charge is -2.24. The maximum absolute atomic E-state index is 13.2. The number of nitrogens with zero attached hydrogens (tertiary/aromatic N) is 2. The first-order valence-corrected chi connectivity index (χ1v) is 13.0. The van der Waals surface area contributed by atoms with E-state index in [2.05, 4.69) is 31.0 Å². The molecule has 1 amide bonds. The number of ether oxygens (including phenoxy) is 1. The van der Waals surface area contributed by atoms with E-state index >= 15 is 0 Å². The van der Waals surface area contributed by atoms with Gasteiger partial charge in [0.2, 0.25) is 0 Å². The molecule has 2 aromatic rings. The van der Waals surface area contributed by atoms with Crippen molar-refractivity contribution in [3.63, 3.8) is 0 Å². The van der Waals surface area contributed by atoms with E-state index in [1.54, 1.807) is 7.11 Å². The lowest BCUT2D eigenvalue weighted by atomic mass is 9.98. The summed E-state index contributed by atoms with van der Waals surface area (Å²) >= 11 is 0. The van der Waals surface area contributed by atoms with E-state index in [4.69, 9.17) is 9.57 Å². The molecular weight excluding hydrogens is 454 g/mol. The first kappa shape index (κ1) is 28.1. The minimum Gasteiger partial charge on any atom is -0.496 e. The number of hydrogen-bond donors (Lipinski definition) is 2. The zero-order valence-electron chi connectivity index (χ0n) is 22.7. The molecule has 0 aliphatic carbocycles. The van der Waals surface area contributed by atoms with Gasteiger partial charge in [-0.25, -0.2) is 0 Å². The number of aliphatic hydroxyl groups is 1. The molecule has 0 spiro atoms. The fraction of sp³-hybridized carbons (Fsp3) is 0.552. The van der Waals surface area contributed by atoms with Gasteiger partial charge in [-0.15, -0.1) is 0 Å². The minimum absolute atomic E-state index is 0.0214. The Hall–Kier alpha value is -2.45. The van der Waals surface area contributed by atoms with Gasteiger partial charge in [0, 0.05) is 41.7 Å². The van der Waals surface area contributed by atoms with Gasteiger partial charge < -0.3 is 20.1 Å². The van der Waals surface area contributed by atoms with E-state index in [1.807, 2.05) is 61.6 Å². The Bertz CT molecular complexity index is 972. The monoisotopic (exact) mass is 497 g/mol. The zero-order valence-corrected chi connectivity index (χ0v) is 22.7. The lowest BCUT2D eigenvalue weighted by Crippen LogP contribution is -2.42. The highest BCUT2D eigenvalue weighted by molar-refractivity contribution is 5.96. The molecule has 1 heterocycles. The molecule has 3 rings (SSSR count). The van der Waals surface area contributed by atoms with Crippen LogP contribution in [0.4, 0.5) is 0 Å². The molecule has 7 nitrogen and oxygen atoms in total. The van der Waals surface area contributed by atoms with Crippen molar-refractivity contribution in [3.8, 4) is 16.9 Å².